The summed E-state index contributed by atoms with van der Waals surface area (Å²) in [5.74, 6) is 1.37. The van der Waals surface area contributed by atoms with Crippen molar-refractivity contribution in [3.63, 3.8) is 0 Å². The molecule has 2 aliphatic rings. The largest absolute Gasteiger partial charge is 0.354 e. The first-order chi connectivity index (χ1) is 18.9. The molecule has 3 aromatic heterocycles. The molecule has 39 heavy (non-hydrogen) atoms. The summed E-state index contributed by atoms with van der Waals surface area (Å²) in [4.78, 5) is 24.8. The molecule has 1 fully saturated rings. The summed E-state index contributed by atoms with van der Waals surface area (Å²) < 4.78 is 1.66. The van der Waals surface area contributed by atoms with Crippen LogP contribution in [-0.2, 0) is 4.79 Å². The summed E-state index contributed by atoms with van der Waals surface area (Å²) >= 11 is 0. The topological polar surface area (TPSA) is 124 Å². The van der Waals surface area contributed by atoms with Crippen LogP contribution in [0.3, 0.4) is 0 Å². The maximum atomic E-state index is 13.5. The average Bonchev–Trinajstić information content (AvgIpc) is 3.60. The number of tetrazole rings is 1. The third-order valence-corrected chi connectivity index (χ3v) is 8.03. The lowest BCUT2D eigenvalue weighted by atomic mass is 10.0. The maximum absolute atomic E-state index is 13.5. The molecule has 0 bridgehead atoms. The van der Waals surface area contributed by atoms with Crippen LogP contribution < -0.4 is 15.1 Å². The number of aromatic nitrogens is 7. The van der Waals surface area contributed by atoms with Crippen LogP contribution in [0, 0.1) is 0 Å². The number of nitrogens with zero attached hydrogens (tertiary/aromatic N) is 9. The van der Waals surface area contributed by atoms with E-state index < -0.39 is 0 Å². The van der Waals surface area contributed by atoms with E-state index in [2.05, 4.69) is 65.7 Å². The van der Waals surface area contributed by atoms with Gasteiger partial charge in [-0.25, -0.2) is 9.67 Å². The molecule has 12 nitrogen and oxygen atoms in total. The Kier molecular flexibility index (Phi) is 6.26. The van der Waals surface area contributed by atoms with Crippen molar-refractivity contribution in [1.82, 2.24) is 40.3 Å². The molecule has 1 amide bonds. The smallest absolute Gasteiger partial charge is 0.255 e. The van der Waals surface area contributed by atoms with Gasteiger partial charge in [0.05, 0.1) is 17.1 Å². The van der Waals surface area contributed by atoms with Crippen LogP contribution in [0.2, 0.25) is 0 Å². The molecular formula is C27H33N11O. The molecule has 0 spiro atoms. The average molecular weight is 528 g/mol. The minimum atomic E-state index is -0.295. The second kappa shape index (κ2) is 9.77. The first-order valence-corrected chi connectivity index (χ1v) is 13.3. The molecule has 1 aromatic carbocycles. The Morgan fingerprint density at radius 3 is 2.82 bits per heavy atom. The molecule has 4 aromatic rings. The van der Waals surface area contributed by atoms with E-state index in [4.69, 9.17) is 0 Å². The van der Waals surface area contributed by atoms with Crippen LogP contribution in [0.25, 0.3) is 22.2 Å². The lowest BCUT2D eigenvalue weighted by Gasteiger charge is -2.40. The number of amides is 1. The zero-order chi connectivity index (χ0) is 27.3. The van der Waals surface area contributed by atoms with Gasteiger partial charge in [0.2, 0.25) is 5.95 Å². The number of hydrogen-bond acceptors (Lipinski definition) is 9. The fourth-order valence-corrected chi connectivity index (χ4v) is 5.69. The monoisotopic (exact) mass is 527 g/mol. The third-order valence-electron chi connectivity index (χ3n) is 8.03. The van der Waals surface area contributed by atoms with E-state index in [1.54, 1.807) is 4.68 Å². The summed E-state index contributed by atoms with van der Waals surface area (Å²) in [7, 11) is 1.85. The van der Waals surface area contributed by atoms with Gasteiger partial charge in [-0.3, -0.25) is 14.8 Å². The number of benzene rings is 1. The molecule has 1 unspecified atom stereocenters. The van der Waals surface area contributed by atoms with Gasteiger partial charge >= 0.3 is 0 Å². The van der Waals surface area contributed by atoms with Crippen LogP contribution in [0.15, 0.2) is 47.8 Å². The molecule has 2 aliphatic heterocycles. The highest BCUT2D eigenvalue weighted by atomic mass is 16.1. The van der Waals surface area contributed by atoms with Crippen LogP contribution in [0.4, 0.5) is 17.5 Å². The fourth-order valence-electron chi connectivity index (χ4n) is 5.69. The van der Waals surface area contributed by atoms with Crippen LogP contribution in [-0.4, -0.2) is 85.5 Å². The number of aromatic amines is 1. The van der Waals surface area contributed by atoms with Gasteiger partial charge in [-0.2, -0.15) is 5.10 Å². The van der Waals surface area contributed by atoms with Crippen molar-refractivity contribution in [2.45, 2.75) is 39.8 Å². The number of carbonyl (C=O) groups is 1. The first kappa shape index (κ1) is 25.0. The van der Waals surface area contributed by atoms with Crippen molar-refractivity contribution in [1.29, 1.82) is 0 Å². The standard InChI is InChI=1S/C27H33N11O/c1-6-36-11-12-37(15-16(36)2)23-13-19(9-10-28-23)25-21-14-20(7-8-22(21)30-31-25)29-26(39)24-17(3)35(5)27-32-33-34-38(27)18(24)4/h7-10,13-14,16,18H,6,11-12,15H2,1-5H3,(H,29,39)(H,30,31)/t16-,18?/m0/s1. The Balaban J connectivity index is 1.27. The number of H-pyrrole nitrogens is 1. The van der Waals surface area contributed by atoms with E-state index in [0.717, 1.165) is 59.9 Å². The minimum Gasteiger partial charge on any atom is -0.354 e. The van der Waals surface area contributed by atoms with Crippen molar-refractivity contribution < 1.29 is 4.79 Å². The van der Waals surface area contributed by atoms with Crippen LogP contribution >= 0.6 is 0 Å². The second-order valence-corrected chi connectivity index (χ2v) is 10.3. The first-order valence-electron chi connectivity index (χ1n) is 13.3. The van der Waals surface area contributed by atoms with Gasteiger partial charge in [-0.1, -0.05) is 12.0 Å². The summed E-state index contributed by atoms with van der Waals surface area (Å²) in [5, 5.41) is 23.7. The number of piperazine rings is 1. The van der Waals surface area contributed by atoms with Gasteiger partial charge < -0.3 is 15.1 Å². The number of hydrogen-bond donors (Lipinski definition) is 2. The van der Waals surface area contributed by atoms with Crippen molar-refractivity contribution in [3.05, 3.63) is 47.8 Å². The van der Waals surface area contributed by atoms with E-state index >= 15 is 0 Å². The van der Waals surface area contributed by atoms with E-state index in [-0.39, 0.29) is 11.9 Å². The highest BCUT2D eigenvalue weighted by molar-refractivity contribution is 6.07. The van der Waals surface area contributed by atoms with E-state index in [1.165, 1.54) is 0 Å². The molecule has 1 saturated heterocycles. The fraction of sp³-hybridized carbons (Fsp3) is 0.407. The number of rotatable bonds is 5. The van der Waals surface area contributed by atoms with Crippen molar-refractivity contribution in [3.8, 4) is 11.3 Å². The zero-order valence-corrected chi connectivity index (χ0v) is 22.9. The second-order valence-electron chi connectivity index (χ2n) is 10.3. The van der Waals surface area contributed by atoms with Crippen molar-refractivity contribution >= 4 is 34.3 Å². The SMILES string of the molecule is CCN1CCN(c2cc(-c3n[nH]c4ccc(NC(=O)C5=C(C)N(C)c6nnnn6C5C)cc34)ccn2)C[C@@H]1C. The molecule has 0 aliphatic carbocycles. The van der Waals surface area contributed by atoms with Gasteiger partial charge in [-0.05, 0) is 68.1 Å². The Labute approximate surface area is 226 Å². The highest BCUT2D eigenvalue weighted by Gasteiger charge is 2.32. The number of likely N-dealkylation sites (N-methyl/N-ethyl adjacent to an activating group) is 1. The van der Waals surface area contributed by atoms with Gasteiger partial charge in [0.15, 0.2) is 0 Å². The number of fused-ring (bicyclic) bond motifs is 2. The Morgan fingerprint density at radius 2 is 2.03 bits per heavy atom. The van der Waals surface area contributed by atoms with Crippen molar-refractivity contribution in [2.75, 3.05) is 48.3 Å². The zero-order valence-electron chi connectivity index (χ0n) is 22.9. The molecule has 5 heterocycles. The molecule has 6 rings (SSSR count). The Bertz CT molecular complexity index is 1570. The van der Waals surface area contributed by atoms with Gasteiger partial charge in [-0.15, -0.1) is 0 Å². The van der Waals surface area contributed by atoms with Gasteiger partial charge in [0.1, 0.15) is 11.5 Å². The summed E-state index contributed by atoms with van der Waals surface area (Å²) in [6.07, 6.45) is 1.84. The van der Waals surface area contributed by atoms with Gasteiger partial charge in [0.25, 0.3) is 5.91 Å². The number of carbonyl (C=O) groups excluding carboxylic acids is 1. The lowest BCUT2D eigenvalue weighted by molar-refractivity contribution is -0.113. The molecular weight excluding hydrogens is 494 g/mol. The van der Waals surface area contributed by atoms with Gasteiger partial charge in [0, 0.05) is 61.3 Å². The molecule has 202 valence electrons. The summed E-state index contributed by atoms with van der Waals surface area (Å²) in [5.41, 5.74) is 4.81. The summed E-state index contributed by atoms with van der Waals surface area (Å²) in [6.45, 7) is 12.3. The molecule has 2 N–H and O–H groups in total. The predicted octanol–water partition coefficient (Wildman–Crippen LogP) is 3.07. The molecule has 2 atom stereocenters. The number of anilines is 3. The number of nitrogens with one attached hydrogen (secondary N) is 2. The third kappa shape index (κ3) is 4.30. The predicted molar refractivity (Wildman–Crippen MR) is 151 cm³/mol. The Hall–Kier alpha value is -4.32. The lowest BCUT2D eigenvalue weighted by Crippen LogP contribution is -2.51. The molecule has 0 radical (unpaired) electrons. The molecule has 12 heteroatoms. The Morgan fingerprint density at radius 1 is 1.18 bits per heavy atom. The van der Waals surface area contributed by atoms with E-state index in [1.807, 2.05) is 56.3 Å². The molecule has 0 saturated carbocycles. The maximum Gasteiger partial charge on any atom is 0.255 e. The van der Waals surface area contributed by atoms with E-state index in [0.29, 0.717) is 23.3 Å². The number of pyridine rings is 1. The van der Waals surface area contributed by atoms with Crippen molar-refractivity contribution in [2.24, 2.45) is 0 Å². The normalized spacial score (nSPS) is 20.0. The quantitative estimate of drug-likeness (QED) is 0.403. The summed E-state index contributed by atoms with van der Waals surface area (Å²) in [6, 6.07) is 10.0. The highest BCUT2D eigenvalue weighted by Crippen LogP contribution is 2.34. The van der Waals surface area contributed by atoms with Crippen LogP contribution in [0.5, 0.6) is 0 Å². The van der Waals surface area contributed by atoms with Crippen LogP contribution in [0.1, 0.15) is 33.7 Å². The minimum absolute atomic E-state index is 0.191. The van der Waals surface area contributed by atoms with E-state index in [9.17, 15) is 4.79 Å². The number of allylic oxidation sites excluding steroid dienone is 1.